The molecule has 0 bridgehead atoms. The van der Waals surface area contributed by atoms with Crippen LogP contribution >= 0.6 is 0 Å². The van der Waals surface area contributed by atoms with E-state index in [0.717, 1.165) is 10.5 Å². The van der Waals surface area contributed by atoms with E-state index in [1.807, 2.05) is 30.3 Å². The molecule has 0 aliphatic rings. The van der Waals surface area contributed by atoms with Gasteiger partial charge in [0.1, 0.15) is 11.3 Å². The van der Waals surface area contributed by atoms with Crippen molar-refractivity contribution in [2.75, 3.05) is 0 Å². The van der Waals surface area contributed by atoms with E-state index in [4.69, 9.17) is 4.74 Å². The number of rotatable bonds is 3. The van der Waals surface area contributed by atoms with E-state index in [2.05, 4.69) is 9.97 Å². The summed E-state index contributed by atoms with van der Waals surface area (Å²) in [4.78, 5) is 33.9. The van der Waals surface area contributed by atoms with Crippen LogP contribution in [0.3, 0.4) is 0 Å². The summed E-state index contributed by atoms with van der Waals surface area (Å²) < 4.78 is 5.33. The predicted octanol–water partition coefficient (Wildman–Crippen LogP) is 3.05. The van der Waals surface area contributed by atoms with Crippen molar-refractivity contribution in [3.05, 3.63) is 60.2 Å². The molecule has 23 heavy (non-hydrogen) atoms. The van der Waals surface area contributed by atoms with Gasteiger partial charge in [-0.3, -0.25) is 9.78 Å². The molecule has 0 aliphatic heterocycles. The number of nitrogens with zero attached hydrogens (tertiary/aromatic N) is 3. The average molecular weight is 313 g/mol. The van der Waals surface area contributed by atoms with Crippen LogP contribution in [0.15, 0.2) is 48.9 Å². The first kappa shape index (κ1) is 16.6. The van der Waals surface area contributed by atoms with Crippen molar-refractivity contribution in [2.45, 2.75) is 32.9 Å². The van der Waals surface area contributed by atoms with Crippen LogP contribution < -0.4 is 0 Å². The Morgan fingerprint density at radius 3 is 2.39 bits per heavy atom. The van der Waals surface area contributed by atoms with Gasteiger partial charge in [0.2, 0.25) is 0 Å². The van der Waals surface area contributed by atoms with Crippen LogP contribution in [0.2, 0.25) is 0 Å². The molecule has 6 heteroatoms. The van der Waals surface area contributed by atoms with Gasteiger partial charge in [0.15, 0.2) is 0 Å². The largest absolute Gasteiger partial charge is 0.443 e. The fourth-order valence-corrected chi connectivity index (χ4v) is 1.85. The van der Waals surface area contributed by atoms with Crippen molar-refractivity contribution < 1.29 is 14.3 Å². The second-order valence-electron chi connectivity index (χ2n) is 5.95. The van der Waals surface area contributed by atoms with E-state index in [9.17, 15) is 9.59 Å². The molecule has 2 amide bonds. The molecule has 2 rings (SSSR count). The monoisotopic (exact) mass is 313 g/mol. The molecule has 0 atom stereocenters. The Morgan fingerprint density at radius 1 is 1.13 bits per heavy atom. The molecule has 2 aromatic rings. The van der Waals surface area contributed by atoms with Crippen molar-refractivity contribution in [3.8, 4) is 0 Å². The number of ether oxygens (including phenoxy) is 1. The van der Waals surface area contributed by atoms with Crippen molar-refractivity contribution in [1.29, 1.82) is 0 Å². The van der Waals surface area contributed by atoms with E-state index in [-0.39, 0.29) is 12.2 Å². The lowest BCUT2D eigenvalue weighted by atomic mass is 10.2. The zero-order chi connectivity index (χ0) is 16.9. The quantitative estimate of drug-likeness (QED) is 0.871. The van der Waals surface area contributed by atoms with Crippen LogP contribution in [0, 0.1) is 0 Å². The third-order valence-corrected chi connectivity index (χ3v) is 2.82. The van der Waals surface area contributed by atoms with Gasteiger partial charge in [-0.05, 0) is 26.3 Å². The van der Waals surface area contributed by atoms with Gasteiger partial charge in [0.05, 0.1) is 12.7 Å². The Bertz CT molecular complexity index is 666. The van der Waals surface area contributed by atoms with Gasteiger partial charge in [-0.25, -0.2) is 14.7 Å². The summed E-state index contributed by atoms with van der Waals surface area (Å²) in [6.45, 7) is 5.35. The van der Waals surface area contributed by atoms with Gasteiger partial charge in [0.25, 0.3) is 5.91 Å². The first-order valence-electron chi connectivity index (χ1n) is 7.21. The smallest absolute Gasteiger partial charge is 0.417 e. The zero-order valence-corrected chi connectivity index (χ0v) is 13.4. The highest BCUT2D eigenvalue weighted by Gasteiger charge is 2.29. The summed E-state index contributed by atoms with van der Waals surface area (Å²) in [5.41, 5.74) is 0.208. The Kier molecular flexibility index (Phi) is 5.05. The van der Waals surface area contributed by atoms with Crippen LogP contribution in [-0.2, 0) is 11.3 Å². The Labute approximate surface area is 135 Å². The number of hydrogen-bond donors (Lipinski definition) is 0. The summed E-state index contributed by atoms with van der Waals surface area (Å²) in [7, 11) is 0. The van der Waals surface area contributed by atoms with Gasteiger partial charge in [0, 0.05) is 12.4 Å². The summed E-state index contributed by atoms with van der Waals surface area (Å²) >= 11 is 0. The lowest BCUT2D eigenvalue weighted by molar-refractivity contribution is 0.0225. The fraction of sp³-hybridized carbons (Fsp3) is 0.294. The minimum absolute atomic E-state index is 0.0919. The Hall–Kier alpha value is -2.76. The van der Waals surface area contributed by atoms with Crippen molar-refractivity contribution in [1.82, 2.24) is 14.9 Å². The molecular weight excluding hydrogens is 294 g/mol. The molecule has 0 radical (unpaired) electrons. The number of hydrogen-bond acceptors (Lipinski definition) is 5. The highest BCUT2D eigenvalue weighted by atomic mass is 16.6. The molecule has 0 spiro atoms. The number of amides is 2. The number of carbonyl (C=O) groups excluding carboxylic acids is 2. The van der Waals surface area contributed by atoms with Gasteiger partial charge < -0.3 is 4.74 Å². The number of imide groups is 1. The molecule has 0 unspecified atom stereocenters. The minimum atomic E-state index is -0.711. The van der Waals surface area contributed by atoms with Crippen LogP contribution in [0.4, 0.5) is 4.79 Å². The minimum Gasteiger partial charge on any atom is -0.443 e. The Balaban J connectivity index is 2.27. The van der Waals surface area contributed by atoms with E-state index < -0.39 is 17.6 Å². The maximum absolute atomic E-state index is 12.6. The molecule has 6 nitrogen and oxygen atoms in total. The van der Waals surface area contributed by atoms with Gasteiger partial charge in [-0.15, -0.1) is 0 Å². The summed E-state index contributed by atoms with van der Waals surface area (Å²) in [5, 5.41) is 0. The van der Waals surface area contributed by atoms with E-state index in [1.165, 1.54) is 18.6 Å². The third kappa shape index (κ3) is 4.88. The molecule has 1 aromatic carbocycles. The topological polar surface area (TPSA) is 72.4 Å². The average Bonchev–Trinajstić information content (AvgIpc) is 2.52. The standard InChI is InChI=1S/C17H19N3O3/c1-17(2,3)23-16(22)20(12-13-7-5-4-6-8-13)15(21)14-11-18-9-10-19-14/h4-11H,12H2,1-3H3. The number of aromatic nitrogens is 2. The lowest BCUT2D eigenvalue weighted by Gasteiger charge is -2.26. The third-order valence-electron chi connectivity index (χ3n) is 2.82. The maximum atomic E-state index is 12.6. The number of benzene rings is 1. The summed E-state index contributed by atoms with van der Waals surface area (Å²) in [6, 6.07) is 9.22. The molecule has 0 aliphatic carbocycles. The zero-order valence-electron chi connectivity index (χ0n) is 13.4. The van der Waals surface area contributed by atoms with Crippen molar-refractivity contribution in [2.24, 2.45) is 0 Å². The molecule has 0 saturated carbocycles. The van der Waals surface area contributed by atoms with E-state index >= 15 is 0 Å². The Morgan fingerprint density at radius 2 is 1.83 bits per heavy atom. The fourth-order valence-electron chi connectivity index (χ4n) is 1.85. The normalized spacial score (nSPS) is 10.9. The van der Waals surface area contributed by atoms with Crippen LogP contribution in [0.5, 0.6) is 0 Å². The van der Waals surface area contributed by atoms with Crippen LogP contribution in [0.1, 0.15) is 36.8 Å². The molecular formula is C17H19N3O3. The molecule has 1 aromatic heterocycles. The van der Waals surface area contributed by atoms with Crippen molar-refractivity contribution in [3.63, 3.8) is 0 Å². The summed E-state index contributed by atoms with van der Waals surface area (Å²) in [6.07, 6.45) is 3.48. The highest BCUT2D eigenvalue weighted by molar-refractivity contribution is 6.01. The van der Waals surface area contributed by atoms with Gasteiger partial charge in [-0.2, -0.15) is 0 Å². The van der Waals surface area contributed by atoms with Crippen LogP contribution in [0.25, 0.3) is 0 Å². The molecule has 0 N–H and O–H groups in total. The maximum Gasteiger partial charge on any atom is 0.417 e. The highest BCUT2D eigenvalue weighted by Crippen LogP contribution is 2.14. The van der Waals surface area contributed by atoms with E-state index in [1.54, 1.807) is 20.8 Å². The van der Waals surface area contributed by atoms with Crippen LogP contribution in [-0.4, -0.2) is 32.5 Å². The number of carbonyl (C=O) groups is 2. The SMILES string of the molecule is CC(C)(C)OC(=O)N(Cc1ccccc1)C(=O)c1cnccn1. The molecule has 0 fully saturated rings. The van der Waals surface area contributed by atoms with Gasteiger partial charge >= 0.3 is 6.09 Å². The predicted molar refractivity (Wildman–Crippen MR) is 84.6 cm³/mol. The summed E-state index contributed by atoms with van der Waals surface area (Å²) in [5.74, 6) is -0.545. The molecule has 120 valence electrons. The second-order valence-corrected chi connectivity index (χ2v) is 5.95. The van der Waals surface area contributed by atoms with Gasteiger partial charge in [-0.1, -0.05) is 30.3 Å². The molecule has 1 heterocycles. The second kappa shape index (κ2) is 7.00. The first-order valence-corrected chi connectivity index (χ1v) is 7.21. The molecule has 0 saturated heterocycles. The first-order chi connectivity index (χ1) is 10.9. The van der Waals surface area contributed by atoms with Crippen molar-refractivity contribution >= 4 is 12.0 Å². The van der Waals surface area contributed by atoms with E-state index in [0.29, 0.717) is 0 Å². The lowest BCUT2D eigenvalue weighted by Crippen LogP contribution is -2.40.